The Morgan fingerprint density at radius 3 is 2.94 bits per heavy atom. The third kappa shape index (κ3) is 2.74. The van der Waals surface area contributed by atoms with Gasteiger partial charge in [0.25, 0.3) is 0 Å². The van der Waals surface area contributed by atoms with E-state index in [-0.39, 0.29) is 6.04 Å². The fraction of sp³-hybridized carbons (Fsp3) is 0.417. The molecule has 0 aromatic carbocycles. The van der Waals surface area contributed by atoms with E-state index in [1.165, 1.54) is 4.88 Å². The molecule has 92 valence electrons. The minimum Gasteiger partial charge on any atom is -0.472 e. The zero-order chi connectivity index (χ0) is 12.3. The molecule has 0 bridgehead atoms. The lowest BCUT2D eigenvalue weighted by Crippen LogP contribution is -2.29. The van der Waals surface area contributed by atoms with Gasteiger partial charge >= 0.3 is 0 Å². The van der Waals surface area contributed by atoms with Crippen LogP contribution in [0.25, 0.3) is 0 Å². The van der Waals surface area contributed by atoms with Crippen LogP contribution in [0.3, 0.4) is 0 Å². The maximum Gasteiger partial charge on any atom is 0.0950 e. The summed E-state index contributed by atoms with van der Waals surface area (Å²) in [5.74, 6) is 0. The highest BCUT2D eigenvalue weighted by Gasteiger charge is 2.17. The van der Waals surface area contributed by atoms with E-state index in [4.69, 9.17) is 10.2 Å². The fourth-order valence-electron chi connectivity index (χ4n) is 1.85. The Balaban J connectivity index is 2.08. The van der Waals surface area contributed by atoms with Gasteiger partial charge in [-0.2, -0.15) is 0 Å². The molecule has 5 heteroatoms. The quantitative estimate of drug-likeness (QED) is 0.885. The van der Waals surface area contributed by atoms with Gasteiger partial charge in [0.2, 0.25) is 0 Å². The number of hydrogen-bond acceptors (Lipinski definition) is 5. The number of aryl methyl sites for hydroxylation is 1. The van der Waals surface area contributed by atoms with Gasteiger partial charge in [0.1, 0.15) is 0 Å². The molecule has 0 aliphatic carbocycles. The zero-order valence-electron chi connectivity index (χ0n) is 10.1. The first-order valence-corrected chi connectivity index (χ1v) is 6.41. The second-order valence-corrected chi connectivity index (χ2v) is 5.02. The van der Waals surface area contributed by atoms with Crippen molar-refractivity contribution in [2.45, 2.75) is 19.5 Å². The Hall–Kier alpha value is -1.17. The highest BCUT2D eigenvalue weighted by Crippen LogP contribution is 2.23. The molecule has 0 amide bonds. The van der Waals surface area contributed by atoms with Crippen LogP contribution < -0.4 is 5.73 Å². The highest BCUT2D eigenvalue weighted by molar-refractivity contribution is 7.09. The molecule has 2 heterocycles. The molecule has 1 atom stereocenters. The van der Waals surface area contributed by atoms with Crippen LogP contribution in [-0.2, 0) is 6.54 Å². The molecule has 0 saturated heterocycles. The average molecular weight is 251 g/mol. The van der Waals surface area contributed by atoms with Gasteiger partial charge in [0, 0.05) is 23.5 Å². The summed E-state index contributed by atoms with van der Waals surface area (Å²) in [7, 11) is 2.07. The standard InChI is InChI=1S/C12H17N3OS/c1-9-12(17-8-14-9)6-15(2)11(5-13)10-3-4-16-7-10/h3-4,7-8,11H,5-6,13H2,1-2H3. The summed E-state index contributed by atoms with van der Waals surface area (Å²) < 4.78 is 5.11. The van der Waals surface area contributed by atoms with Crippen molar-refractivity contribution < 1.29 is 4.42 Å². The van der Waals surface area contributed by atoms with Crippen LogP contribution in [0, 0.1) is 6.92 Å². The molecule has 0 aliphatic heterocycles. The Morgan fingerprint density at radius 2 is 2.41 bits per heavy atom. The number of likely N-dealkylation sites (N-methyl/N-ethyl adjacent to an activating group) is 1. The summed E-state index contributed by atoms with van der Waals surface area (Å²) in [5.41, 5.74) is 9.94. The van der Waals surface area contributed by atoms with Gasteiger partial charge in [-0.1, -0.05) is 0 Å². The van der Waals surface area contributed by atoms with Crippen molar-refractivity contribution in [3.8, 4) is 0 Å². The lowest BCUT2D eigenvalue weighted by Gasteiger charge is -2.25. The molecule has 1 unspecified atom stereocenters. The first kappa shape index (κ1) is 12.3. The monoisotopic (exact) mass is 251 g/mol. The number of furan rings is 1. The van der Waals surface area contributed by atoms with Crippen LogP contribution in [0.15, 0.2) is 28.5 Å². The molecule has 0 aliphatic rings. The number of thiazole rings is 1. The van der Waals surface area contributed by atoms with Crippen LogP contribution in [0.1, 0.15) is 22.2 Å². The third-order valence-electron chi connectivity index (χ3n) is 2.92. The topological polar surface area (TPSA) is 55.3 Å². The molecule has 2 N–H and O–H groups in total. The number of rotatable bonds is 5. The molecule has 4 nitrogen and oxygen atoms in total. The molecule has 0 radical (unpaired) electrons. The van der Waals surface area contributed by atoms with Gasteiger partial charge in [0.15, 0.2) is 0 Å². The summed E-state index contributed by atoms with van der Waals surface area (Å²) in [5, 5.41) is 0. The fourth-order valence-corrected chi connectivity index (χ4v) is 2.69. The second kappa shape index (κ2) is 5.44. The highest BCUT2D eigenvalue weighted by atomic mass is 32.1. The average Bonchev–Trinajstić information content (AvgIpc) is 2.93. The Bertz CT molecular complexity index is 452. The van der Waals surface area contributed by atoms with E-state index < -0.39 is 0 Å². The largest absolute Gasteiger partial charge is 0.472 e. The van der Waals surface area contributed by atoms with Crippen molar-refractivity contribution in [1.82, 2.24) is 9.88 Å². The van der Waals surface area contributed by atoms with E-state index in [2.05, 4.69) is 16.9 Å². The third-order valence-corrected chi connectivity index (χ3v) is 3.84. The van der Waals surface area contributed by atoms with Crippen molar-refractivity contribution >= 4 is 11.3 Å². The molecule has 0 saturated carbocycles. The van der Waals surface area contributed by atoms with Crippen LogP contribution >= 0.6 is 11.3 Å². The van der Waals surface area contributed by atoms with Gasteiger partial charge in [0.05, 0.1) is 29.8 Å². The molecule has 2 aromatic rings. The molecule has 0 spiro atoms. The summed E-state index contributed by atoms with van der Waals surface area (Å²) in [6.45, 7) is 3.48. The van der Waals surface area contributed by atoms with Crippen molar-refractivity contribution in [3.63, 3.8) is 0 Å². The van der Waals surface area contributed by atoms with Crippen molar-refractivity contribution in [1.29, 1.82) is 0 Å². The van der Waals surface area contributed by atoms with Crippen molar-refractivity contribution in [3.05, 3.63) is 40.2 Å². The van der Waals surface area contributed by atoms with Gasteiger partial charge in [-0.05, 0) is 20.0 Å². The first-order valence-electron chi connectivity index (χ1n) is 5.53. The molecule has 0 fully saturated rings. The summed E-state index contributed by atoms with van der Waals surface area (Å²) >= 11 is 1.69. The Labute approximate surface area is 105 Å². The van der Waals surface area contributed by atoms with E-state index in [1.54, 1.807) is 23.9 Å². The maximum atomic E-state index is 5.84. The zero-order valence-corrected chi connectivity index (χ0v) is 10.9. The van der Waals surface area contributed by atoms with Gasteiger partial charge in [-0.15, -0.1) is 11.3 Å². The van der Waals surface area contributed by atoms with Gasteiger partial charge in [-0.25, -0.2) is 4.98 Å². The minimum absolute atomic E-state index is 0.190. The number of nitrogens with zero attached hydrogens (tertiary/aromatic N) is 2. The minimum atomic E-state index is 0.190. The van der Waals surface area contributed by atoms with E-state index >= 15 is 0 Å². The van der Waals surface area contributed by atoms with Crippen LogP contribution in [-0.4, -0.2) is 23.5 Å². The lowest BCUT2D eigenvalue weighted by molar-refractivity contribution is 0.242. The molecule has 2 aromatic heterocycles. The first-order chi connectivity index (χ1) is 8.22. The summed E-state index contributed by atoms with van der Waals surface area (Å²) in [4.78, 5) is 7.77. The summed E-state index contributed by atoms with van der Waals surface area (Å²) in [6.07, 6.45) is 3.44. The SMILES string of the molecule is Cc1ncsc1CN(C)C(CN)c1ccoc1. The predicted octanol–water partition coefficient (Wildman–Crippen LogP) is 2.18. The molecule has 17 heavy (non-hydrogen) atoms. The number of nitrogens with two attached hydrogens (primary N) is 1. The normalized spacial score (nSPS) is 13.2. The smallest absolute Gasteiger partial charge is 0.0950 e. The van der Waals surface area contributed by atoms with E-state index in [9.17, 15) is 0 Å². The second-order valence-electron chi connectivity index (χ2n) is 4.08. The van der Waals surface area contributed by atoms with Gasteiger partial charge < -0.3 is 10.2 Å². The van der Waals surface area contributed by atoms with E-state index in [0.29, 0.717) is 6.54 Å². The van der Waals surface area contributed by atoms with Crippen LogP contribution in [0.2, 0.25) is 0 Å². The van der Waals surface area contributed by atoms with Crippen molar-refractivity contribution in [2.24, 2.45) is 5.73 Å². The van der Waals surface area contributed by atoms with Gasteiger partial charge in [-0.3, -0.25) is 4.90 Å². The number of hydrogen-bond donors (Lipinski definition) is 1. The molecule has 2 rings (SSSR count). The predicted molar refractivity (Wildman–Crippen MR) is 68.8 cm³/mol. The number of aromatic nitrogens is 1. The van der Waals surface area contributed by atoms with Crippen molar-refractivity contribution in [2.75, 3.05) is 13.6 Å². The van der Waals surface area contributed by atoms with Crippen LogP contribution in [0.4, 0.5) is 0 Å². The molecular formula is C12H17N3OS. The maximum absolute atomic E-state index is 5.84. The Morgan fingerprint density at radius 1 is 1.59 bits per heavy atom. The van der Waals surface area contributed by atoms with E-state index in [1.807, 2.05) is 18.5 Å². The Kier molecular flexibility index (Phi) is 3.93. The van der Waals surface area contributed by atoms with Crippen LogP contribution in [0.5, 0.6) is 0 Å². The van der Waals surface area contributed by atoms with E-state index in [0.717, 1.165) is 17.8 Å². The summed E-state index contributed by atoms with van der Waals surface area (Å²) in [6, 6.07) is 2.16. The molecular weight excluding hydrogens is 234 g/mol. The lowest BCUT2D eigenvalue weighted by atomic mass is 10.1.